The van der Waals surface area contributed by atoms with Gasteiger partial charge in [-0.05, 0) is 12.3 Å². The first kappa shape index (κ1) is 10.2. The average molecular weight is 164 g/mol. The third-order valence-electron chi connectivity index (χ3n) is 1.20. The zero-order chi connectivity index (χ0) is 7.82. The summed E-state index contributed by atoms with van der Waals surface area (Å²) in [5, 5.41) is 0. The molecule has 0 rings (SSSR count). The van der Waals surface area contributed by atoms with Crippen LogP contribution in [0.15, 0.2) is 0 Å². The van der Waals surface area contributed by atoms with Gasteiger partial charge >= 0.3 is 0 Å². The summed E-state index contributed by atoms with van der Waals surface area (Å²) in [4.78, 5) is 0. The van der Waals surface area contributed by atoms with Crippen molar-refractivity contribution in [2.75, 3.05) is 19.1 Å². The van der Waals surface area contributed by atoms with E-state index in [1.807, 2.05) is 0 Å². The molecule has 1 atom stereocenters. The molecule has 0 aromatic carbocycles. The standard InChI is InChI=1S/C8H16ClO/c1-3-4-5-10-7-8(2)6-9/h8H,1,3-7H2,2H3. The van der Waals surface area contributed by atoms with Crippen LogP contribution in [0.3, 0.4) is 0 Å². The first-order chi connectivity index (χ1) is 4.81. The van der Waals surface area contributed by atoms with Crippen molar-refractivity contribution in [2.45, 2.75) is 19.8 Å². The molecular formula is C8H16ClO. The molecule has 0 bridgehead atoms. The Labute approximate surface area is 68.7 Å². The third kappa shape index (κ3) is 6.37. The number of hydrogen-bond acceptors (Lipinski definition) is 1. The van der Waals surface area contributed by atoms with Crippen molar-refractivity contribution in [2.24, 2.45) is 5.92 Å². The highest BCUT2D eigenvalue weighted by Gasteiger charge is 1.97. The molecule has 1 unspecified atom stereocenters. The van der Waals surface area contributed by atoms with Crippen LogP contribution in [0.1, 0.15) is 19.8 Å². The number of unbranched alkanes of at least 4 members (excludes halogenated alkanes) is 1. The Balaban J connectivity index is 2.89. The van der Waals surface area contributed by atoms with Gasteiger partial charge in [0.05, 0.1) is 6.61 Å². The maximum absolute atomic E-state index is 5.57. The minimum atomic E-state index is 0.478. The summed E-state index contributed by atoms with van der Waals surface area (Å²) in [5.41, 5.74) is 0. The summed E-state index contributed by atoms with van der Waals surface area (Å²) in [7, 11) is 0. The number of ether oxygens (including phenoxy) is 1. The SMILES string of the molecule is [CH2]CCCOCC(C)CCl. The van der Waals surface area contributed by atoms with Gasteiger partial charge in [-0.15, -0.1) is 11.6 Å². The predicted octanol–water partition coefficient (Wildman–Crippen LogP) is 2.49. The second kappa shape index (κ2) is 7.36. The van der Waals surface area contributed by atoms with E-state index in [4.69, 9.17) is 16.3 Å². The fourth-order valence-electron chi connectivity index (χ4n) is 0.533. The van der Waals surface area contributed by atoms with Gasteiger partial charge in [-0.1, -0.05) is 20.3 Å². The summed E-state index contributed by atoms with van der Waals surface area (Å²) in [6, 6.07) is 0. The molecule has 0 aliphatic rings. The highest BCUT2D eigenvalue weighted by Crippen LogP contribution is 1.99. The Hall–Kier alpha value is 0.250. The van der Waals surface area contributed by atoms with Crippen LogP contribution in [0.4, 0.5) is 0 Å². The minimum absolute atomic E-state index is 0.478. The molecule has 0 spiro atoms. The normalized spacial score (nSPS) is 13.5. The maximum Gasteiger partial charge on any atom is 0.0503 e. The molecule has 1 radical (unpaired) electrons. The molecule has 0 saturated heterocycles. The van der Waals surface area contributed by atoms with Gasteiger partial charge in [0.15, 0.2) is 0 Å². The highest BCUT2D eigenvalue weighted by atomic mass is 35.5. The number of hydrogen-bond donors (Lipinski definition) is 0. The average Bonchev–Trinajstić information content (AvgIpc) is 1.98. The molecule has 0 heterocycles. The van der Waals surface area contributed by atoms with E-state index in [2.05, 4.69) is 13.8 Å². The summed E-state index contributed by atoms with van der Waals surface area (Å²) in [6.45, 7) is 7.40. The first-order valence-electron chi connectivity index (χ1n) is 3.74. The van der Waals surface area contributed by atoms with Crippen LogP contribution in [0, 0.1) is 12.8 Å². The van der Waals surface area contributed by atoms with Gasteiger partial charge in [-0.3, -0.25) is 0 Å². The van der Waals surface area contributed by atoms with E-state index in [-0.39, 0.29) is 0 Å². The fourth-order valence-corrected chi connectivity index (χ4v) is 0.622. The molecule has 0 amide bonds. The van der Waals surface area contributed by atoms with Crippen molar-refractivity contribution >= 4 is 11.6 Å². The molecule has 0 aromatic heterocycles. The van der Waals surface area contributed by atoms with Crippen molar-refractivity contribution in [1.82, 2.24) is 0 Å². The van der Waals surface area contributed by atoms with E-state index in [1.54, 1.807) is 0 Å². The zero-order valence-electron chi connectivity index (χ0n) is 6.61. The molecule has 1 nitrogen and oxygen atoms in total. The summed E-state index contributed by atoms with van der Waals surface area (Å²) in [6.07, 6.45) is 2.00. The van der Waals surface area contributed by atoms with Crippen LogP contribution in [0.25, 0.3) is 0 Å². The van der Waals surface area contributed by atoms with Crippen LogP contribution < -0.4 is 0 Å². The van der Waals surface area contributed by atoms with Gasteiger partial charge in [0.1, 0.15) is 0 Å². The van der Waals surface area contributed by atoms with Crippen LogP contribution >= 0.6 is 11.6 Å². The second-order valence-electron chi connectivity index (χ2n) is 2.54. The van der Waals surface area contributed by atoms with Crippen LogP contribution in [-0.2, 0) is 4.74 Å². The maximum atomic E-state index is 5.57. The molecule has 0 N–H and O–H groups in total. The van der Waals surface area contributed by atoms with Crippen LogP contribution in [-0.4, -0.2) is 19.1 Å². The first-order valence-corrected chi connectivity index (χ1v) is 4.27. The Morgan fingerprint density at radius 1 is 1.60 bits per heavy atom. The molecular weight excluding hydrogens is 148 g/mol. The summed E-state index contributed by atoms with van der Waals surface area (Å²) < 4.78 is 5.30. The van der Waals surface area contributed by atoms with Gasteiger partial charge < -0.3 is 4.74 Å². The van der Waals surface area contributed by atoms with Gasteiger partial charge in [0, 0.05) is 12.5 Å². The van der Waals surface area contributed by atoms with Gasteiger partial charge in [0.2, 0.25) is 0 Å². The molecule has 10 heavy (non-hydrogen) atoms. The van der Waals surface area contributed by atoms with E-state index >= 15 is 0 Å². The van der Waals surface area contributed by atoms with Crippen LogP contribution in [0.2, 0.25) is 0 Å². The number of alkyl halides is 1. The fraction of sp³-hybridized carbons (Fsp3) is 0.875. The molecule has 0 fully saturated rings. The Kier molecular flexibility index (Phi) is 7.54. The van der Waals surface area contributed by atoms with Crippen molar-refractivity contribution in [3.05, 3.63) is 6.92 Å². The van der Waals surface area contributed by atoms with Crippen molar-refractivity contribution in [3.8, 4) is 0 Å². The monoisotopic (exact) mass is 163 g/mol. The largest absolute Gasteiger partial charge is 0.381 e. The second-order valence-corrected chi connectivity index (χ2v) is 2.85. The molecule has 2 heteroatoms. The topological polar surface area (TPSA) is 9.23 Å². The van der Waals surface area contributed by atoms with Crippen molar-refractivity contribution in [1.29, 1.82) is 0 Å². The lowest BCUT2D eigenvalue weighted by Gasteiger charge is -2.07. The van der Waals surface area contributed by atoms with Crippen LogP contribution in [0.5, 0.6) is 0 Å². The predicted molar refractivity (Wildman–Crippen MR) is 45.3 cm³/mol. The smallest absolute Gasteiger partial charge is 0.0503 e. The minimum Gasteiger partial charge on any atom is -0.381 e. The Morgan fingerprint density at radius 2 is 2.30 bits per heavy atom. The molecule has 0 saturated carbocycles. The number of halogens is 1. The van der Waals surface area contributed by atoms with E-state index in [0.29, 0.717) is 11.8 Å². The summed E-state index contributed by atoms with van der Waals surface area (Å²) in [5.74, 6) is 1.16. The Morgan fingerprint density at radius 3 is 2.80 bits per heavy atom. The van der Waals surface area contributed by atoms with Gasteiger partial charge in [-0.25, -0.2) is 0 Å². The van der Waals surface area contributed by atoms with Gasteiger partial charge in [-0.2, -0.15) is 0 Å². The highest BCUT2D eigenvalue weighted by molar-refractivity contribution is 6.18. The molecule has 0 aromatic rings. The summed E-state index contributed by atoms with van der Waals surface area (Å²) >= 11 is 5.57. The van der Waals surface area contributed by atoms with E-state index < -0.39 is 0 Å². The lowest BCUT2D eigenvalue weighted by atomic mass is 10.2. The molecule has 61 valence electrons. The van der Waals surface area contributed by atoms with Crippen molar-refractivity contribution < 1.29 is 4.74 Å². The number of rotatable bonds is 6. The third-order valence-corrected chi connectivity index (χ3v) is 1.73. The molecule has 0 aliphatic carbocycles. The Bertz CT molecular complexity index is 66.3. The quantitative estimate of drug-likeness (QED) is 0.432. The molecule has 0 aliphatic heterocycles. The van der Waals surface area contributed by atoms with E-state index in [0.717, 1.165) is 26.1 Å². The van der Waals surface area contributed by atoms with E-state index in [1.165, 1.54) is 0 Å². The van der Waals surface area contributed by atoms with Crippen molar-refractivity contribution in [3.63, 3.8) is 0 Å². The lowest BCUT2D eigenvalue weighted by Crippen LogP contribution is -2.07. The zero-order valence-corrected chi connectivity index (χ0v) is 7.36. The van der Waals surface area contributed by atoms with E-state index in [9.17, 15) is 0 Å². The van der Waals surface area contributed by atoms with Gasteiger partial charge in [0.25, 0.3) is 0 Å². The lowest BCUT2D eigenvalue weighted by molar-refractivity contribution is 0.109.